The van der Waals surface area contributed by atoms with E-state index in [1.54, 1.807) is 18.2 Å². The molecule has 1 aromatic carbocycles. The molecule has 106 valence electrons. The van der Waals surface area contributed by atoms with Gasteiger partial charge in [-0.1, -0.05) is 0 Å². The van der Waals surface area contributed by atoms with Gasteiger partial charge >= 0.3 is 11.6 Å². The van der Waals surface area contributed by atoms with Gasteiger partial charge in [0.05, 0.1) is 7.11 Å². The van der Waals surface area contributed by atoms with Crippen LogP contribution in [0, 0.1) is 6.92 Å². The monoisotopic (exact) mass is 284 g/mol. The lowest BCUT2D eigenvalue weighted by Crippen LogP contribution is -1.98. The molecule has 0 aliphatic carbocycles. The third-order valence-corrected chi connectivity index (χ3v) is 2.95. The maximum Gasteiger partial charge on any atom is 0.336 e. The summed E-state index contributed by atoms with van der Waals surface area (Å²) in [5.41, 5.74) is 0.917. The van der Waals surface area contributed by atoms with Crippen LogP contribution in [0.2, 0.25) is 0 Å². The molecule has 0 saturated carbocycles. The van der Waals surface area contributed by atoms with Gasteiger partial charge in [-0.05, 0) is 24.6 Å². The van der Waals surface area contributed by atoms with Crippen LogP contribution in [-0.2, 0) is 0 Å². The lowest BCUT2D eigenvalue weighted by Gasteiger charge is -2.06. The van der Waals surface area contributed by atoms with Crippen LogP contribution in [0.15, 0.2) is 45.7 Å². The summed E-state index contributed by atoms with van der Waals surface area (Å²) in [6.45, 7) is 1.85. The predicted molar refractivity (Wildman–Crippen MR) is 75.9 cm³/mol. The summed E-state index contributed by atoms with van der Waals surface area (Å²) in [6.07, 6.45) is 1.53. The summed E-state index contributed by atoms with van der Waals surface area (Å²) in [5, 5.41) is 0.855. The van der Waals surface area contributed by atoms with Gasteiger partial charge < -0.3 is 13.9 Å². The normalized spacial score (nSPS) is 10.6. The summed E-state index contributed by atoms with van der Waals surface area (Å²) in [5.74, 6) is 0.882. The number of methoxy groups -OCH3 is 1. The molecule has 3 rings (SSSR count). The van der Waals surface area contributed by atoms with Crippen molar-refractivity contribution in [3.05, 3.63) is 52.5 Å². The van der Waals surface area contributed by atoms with Crippen molar-refractivity contribution in [2.24, 2.45) is 0 Å². The molecule has 3 aromatic rings. The Kier molecular flexibility index (Phi) is 3.27. The van der Waals surface area contributed by atoms with Crippen molar-refractivity contribution in [2.75, 3.05) is 7.11 Å². The van der Waals surface area contributed by atoms with Crippen molar-refractivity contribution in [2.45, 2.75) is 6.92 Å². The van der Waals surface area contributed by atoms with Crippen molar-refractivity contribution in [3.8, 4) is 17.6 Å². The summed E-state index contributed by atoms with van der Waals surface area (Å²) < 4.78 is 15.7. The zero-order valence-corrected chi connectivity index (χ0v) is 11.5. The highest BCUT2D eigenvalue weighted by atomic mass is 16.5. The standard InChI is InChI=1S/C15H12N2O4/c1-9-7-14(18)21-12-8-10(3-4-11(9)12)20-15-16-6-5-13(17-15)19-2/h3-8H,1-2H3. The van der Waals surface area contributed by atoms with E-state index in [2.05, 4.69) is 9.97 Å². The number of hydrogen-bond acceptors (Lipinski definition) is 6. The molecule has 0 atom stereocenters. The average Bonchev–Trinajstić information content (AvgIpc) is 2.47. The zero-order chi connectivity index (χ0) is 14.8. The van der Waals surface area contributed by atoms with Gasteiger partial charge in [0, 0.05) is 29.8 Å². The van der Waals surface area contributed by atoms with Crippen LogP contribution in [0.25, 0.3) is 11.0 Å². The quantitative estimate of drug-likeness (QED) is 0.688. The highest BCUT2D eigenvalue weighted by molar-refractivity contribution is 5.81. The first kappa shape index (κ1) is 13.1. The van der Waals surface area contributed by atoms with E-state index in [9.17, 15) is 4.79 Å². The van der Waals surface area contributed by atoms with Gasteiger partial charge in [-0.3, -0.25) is 0 Å². The molecular weight excluding hydrogens is 272 g/mol. The highest BCUT2D eigenvalue weighted by Crippen LogP contribution is 2.25. The molecule has 0 N–H and O–H groups in total. The summed E-state index contributed by atoms with van der Waals surface area (Å²) >= 11 is 0. The third kappa shape index (κ3) is 2.69. The Morgan fingerprint density at radius 1 is 1.19 bits per heavy atom. The van der Waals surface area contributed by atoms with Crippen molar-refractivity contribution >= 4 is 11.0 Å². The van der Waals surface area contributed by atoms with E-state index in [-0.39, 0.29) is 6.01 Å². The van der Waals surface area contributed by atoms with E-state index < -0.39 is 5.63 Å². The second kappa shape index (κ2) is 5.24. The minimum Gasteiger partial charge on any atom is -0.481 e. The topological polar surface area (TPSA) is 74.5 Å². The minimum atomic E-state index is -0.394. The first-order chi connectivity index (χ1) is 10.2. The fourth-order valence-corrected chi connectivity index (χ4v) is 1.96. The zero-order valence-electron chi connectivity index (χ0n) is 11.5. The number of nitrogens with zero attached hydrogens (tertiary/aromatic N) is 2. The van der Waals surface area contributed by atoms with Crippen LogP contribution in [0.5, 0.6) is 17.6 Å². The van der Waals surface area contributed by atoms with Gasteiger partial charge in [0.25, 0.3) is 0 Å². The average molecular weight is 284 g/mol. The second-order valence-electron chi connectivity index (χ2n) is 4.39. The van der Waals surface area contributed by atoms with Crippen molar-refractivity contribution in [1.82, 2.24) is 9.97 Å². The van der Waals surface area contributed by atoms with Crippen LogP contribution in [-0.4, -0.2) is 17.1 Å². The maximum atomic E-state index is 11.4. The second-order valence-corrected chi connectivity index (χ2v) is 4.39. The summed E-state index contributed by atoms with van der Waals surface area (Å²) in [6, 6.07) is 8.45. The minimum absolute atomic E-state index is 0.156. The Labute approximate surface area is 120 Å². The fraction of sp³-hybridized carbons (Fsp3) is 0.133. The summed E-state index contributed by atoms with van der Waals surface area (Å²) in [4.78, 5) is 19.5. The largest absolute Gasteiger partial charge is 0.481 e. The van der Waals surface area contributed by atoms with Gasteiger partial charge in [-0.2, -0.15) is 4.98 Å². The Hall–Kier alpha value is -2.89. The third-order valence-electron chi connectivity index (χ3n) is 2.95. The first-order valence-corrected chi connectivity index (χ1v) is 6.25. The smallest absolute Gasteiger partial charge is 0.336 e. The molecule has 6 heteroatoms. The predicted octanol–water partition coefficient (Wildman–Crippen LogP) is 2.69. The van der Waals surface area contributed by atoms with E-state index >= 15 is 0 Å². The van der Waals surface area contributed by atoms with Crippen LogP contribution < -0.4 is 15.1 Å². The fourth-order valence-electron chi connectivity index (χ4n) is 1.96. The Morgan fingerprint density at radius 3 is 2.86 bits per heavy atom. The van der Waals surface area contributed by atoms with Crippen LogP contribution >= 0.6 is 0 Å². The Balaban J connectivity index is 1.99. The molecule has 0 unspecified atom stereocenters. The molecule has 6 nitrogen and oxygen atoms in total. The lowest BCUT2D eigenvalue weighted by atomic mass is 10.1. The van der Waals surface area contributed by atoms with Gasteiger partial charge in [-0.15, -0.1) is 0 Å². The number of aryl methyl sites for hydroxylation is 1. The van der Waals surface area contributed by atoms with E-state index in [0.717, 1.165) is 10.9 Å². The number of hydrogen-bond donors (Lipinski definition) is 0. The number of benzene rings is 1. The van der Waals surface area contributed by atoms with E-state index in [1.807, 2.05) is 13.0 Å². The highest BCUT2D eigenvalue weighted by Gasteiger charge is 2.07. The van der Waals surface area contributed by atoms with Crippen molar-refractivity contribution < 1.29 is 13.9 Å². The molecule has 0 aliphatic rings. The molecule has 21 heavy (non-hydrogen) atoms. The number of rotatable bonds is 3. The maximum absolute atomic E-state index is 11.4. The molecule has 2 aromatic heterocycles. The van der Waals surface area contributed by atoms with Crippen LogP contribution in [0.4, 0.5) is 0 Å². The molecular formula is C15H12N2O4. The van der Waals surface area contributed by atoms with E-state index in [0.29, 0.717) is 17.2 Å². The molecule has 0 saturated heterocycles. The Morgan fingerprint density at radius 2 is 2.05 bits per heavy atom. The molecule has 0 radical (unpaired) electrons. The van der Waals surface area contributed by atoms with Gasteiger partial charge in [0.15, 0.2) is 0 Å². The van der Waals surface area contributed by atoms with Crippen LogP contribution in [0.1, 0.15) is 5.56 Å². The molecule has 0 amide bonds. The van der Waals surface area contributed by atoms with Crippen molar-refractivity contribution in [3.63, 3.8) is 0 Å². The molecule has 0 fully saturated rings. The number of aromatic nitrogens is 2. The number of ether oxygens (including phenoxy) is 2. The van der Waals surface area contributed by atoms with Crippen LogP contribution in [0.3, 0.4) is 0 Å². The van der Waals surface area contributed by atoms with Crippen molar-refractivity contribution in [1.29, 1.82) is 0 Å². The van der Waals surface area contributed by atoms with Gasteiger partial charge in [0.2, 0.25) is 5.88 Å². The molecule has 2 heterocycles. The lowest BCUT2D eigenvalue weighted by molar-refractivity contribution is 0.376. The molecule has 0 aliphatic heterocycles. The first-order valence-electron chi connectivity index (χ1n) is 6.25. The van der Waals surface area contributed by atoms with E-state index in [1.165, 1.54) is 19.4 Å². The Bertz CT molecular complexity index is 858. The number of fused-ring (bicyclic) bond motifs is 1. The van der Waals surface area contributed by atoms with Gasteiger partial charge in [-0.25, -0.2) is 9.78 Å². The summed E-state index contributed by atoms with van der Waals surface area (Å²) in [7, 11) is 1.51. The van der Waals surface area contributed by atoms with E-state index in [4.69, 9.17) is 13.9 Å². The SMILES string of the molecule is COc1ccnc(Oc2ccc3c(C)cc(=O)oc3c2)n1. The molecule has 0 bridgehead atoms. The molecule has 0 spiro atoms. The van der Waals surface area contributed by atoms with Gasteiger partial charge in [0.1, 0.15) is 11.3 Å².